The summed E-state index contributed by atoms with van der Waals surface area (Å²) in [4.78, 5) is 2.13. The Balaban J connectivity index is 1.78. The van der Waals surface area contributed by atoms with E-state index in [9.17, 15) is 8.42 Å². The van der Waals surface area contributed by atoms with Gasteiger partial charge in [0.05, 0.1) is 30.3 Å². The molecule has 5 nitrogen and oxygen atoms in total. The first kappa shape index (κ1) is 16.7. The van der Waals surface area contributed by atoms with Crippen LogP contribution in [0.15, 0.2) is 42.7 Å². The van der Waals surface area contributed by atoms with Crippen LogP contribution < -0.4 is 0 Å². The fourth-order valence-electron chi connectivity index (χ4n) is 2.83. The highest BCUT2D eigenvalue weighted by Crippen LogP contribution is 2.26. The van der Waals surface area contributed by atoms with Gasteiger partial charge in [0.1, 0.15) is 0 Å². The highest BCUT2D eigenvalue weighted by Gasteiger charge is 2.32. The van der Waals surface area contributed by atoms with Crippen molar-refractivity contribution in [1.29, 1.82) is 0 Å². The Morgan fingerprint density at radius 3 is 2.79 bits per heavy atom. The summed E-state index contributed by atoms with van der Waals surface area (Å²) in [5.41, 5.74) is 1.92. The van der Waals surface area contributed by atoms with E-state index in [1.165, 1.54) is 0 Å². The van der Waals surface area contributed by atoms with Gasteiger partial charge in [-0.1, -0.05) is 30.0 Å². The van der Waals surface area contributed by atoms with Gasteiger partial charge in [-0.05, 0) is 19.1 Å². The minimum absolute atomic E-state index is 0.134. The van der Waals surface area contributed by atoms with E-state index >= 15 is 0 Å². The molecule has 0 spiro atoms. The minimum Gasteiger partial charge on any atom is -0.283 e. The molecule has 2 heterocycles. The average Bonchev–Trinajstić information content (AvgIpc) is 3.06. The molecular formula is C18H21N3O2S. The van der Waals surface area contributed by atoms with E-state index in [0.717, 1.165) is 17.7 Å². The van der Waals surface area contributed by atoms with E-state index in [-0.39, 0.29) is 17.5 Å². The van der Waals surface area contributed by atoms with Crippen molar-refractivity contribution in [1.82, 2.24) is 14.7 Å². The predicted octanol–water partition coefficient (Wildman–Crippen LogP) is 1.73. The van der Waals surface area contributed by atoms with Crippen molar-refractivity contribution in [3.8, 4) is 11.8 Å². The monoisotopic (exact) mass is 343 g/mol. The summed E-state index contributed by atoms with van der Waals surface area (Å²) in [5, 5.41) is 4.28. The van der Waals surface area contributed by atoms with Gasteiger partial charge in [0.25, 0.3) is 0 Å². The third kappa shape index (κ3) is 4.05. The lowest BCUT2D eigenvalue weighted by Gasteiger charge is -2.33. The van der Waals surface area contributed by atoms with E-state index in [0.29, 0.717) is 13.1 Å². The van der Waals surface area contributed by atoms with Gasteiger partial charge in [-0.25, -0.2) is 8.42 Å². The van der Waals surface area contributed by atoms with Gasteiger partial charge in [-0.15, -0.1) is 0 Å². The maximum atomic E-state index is 12.1. The van der Waals surface area contributed by atoms with Crippen LogP contribution in [0.3, 0.4) is 0 Å². The normalized spacial score (nSPS) is 20.3. The van der Waals surface area contributed by atoms with Crippen molar-refractivity contribution in [2.45, 2.75) is 19.5 Å². The first-order valence-corrected chi connectivity index (χ1v) is 9.90. The predicted molar refractivity (Wildman–Crippen MR) is 94.2 cm³/mol. The van der Waals surface area contributed by atoms with Crippen LogP contribution in [0.4, 0.5) is 0 Å². The van der Waals surface area contributed by atoms with E-state index in [2.05, 4.69) is 21.8 Å². The third-order valence-electron chi connectivity index (χ3n) is 4.19. The van der Waals surface area contributed by atoms with Crippen LogP contribution >= 0.6 is 0 Å². The third-order valence-corrected chi connectivity index (χ3v) is 5.82. The number of aromatic nitrogens is 2. The summed E-state index contributed by atoms with van der Waals surface area (Å²) in [7, 11) is -3.01. The van der Waals surface area contributed by atoms with Gasteiger partial charge in [0.15, 0.2) is 9.84 Å². The Labute approximate surface area is 143 Å². The van der Waals surface area contributed by atoms with E-state index in [4.69, 9.17) is 0 Å². The number of nitrogens with zero attached hydrogens (tertiary/aromatic N) is 3. The molecule has 0 bridgehead atoms. The van der Waals surface area contributed by atoms with E-state index < -0.39 is 9.84 Å². The zero-order valence-corrected chi connectivity index (χ0v) is 14.5. The van der Waals surface area contributed by atoms with Crippen LogP contribution in [0.25, 0.3) is 0 Å². The molecule has 0 radical (unpaired) electrons. The standard InChI is InChI=1S/C18H21N3O2S/c1-2-21-14-17(13-19-21)18-15-24(22,23)12-11-20(18)10-6-9-16-7-4-3-5-8-16/h3-5,7-8,13-14,18H,2,10-12,15H2,1H3. The maximum absolute atomic E-state index is 12.1. The largest absolute Gasteiger partial charge is 0.283 e. The second kappa shape index (κ2) is 7.20. The van der Waals surface area contributed by atoms with Crippen LogP contribution in [0.5, 0.6) is 0 Å². The summed E-state index contributed by atoms with van der Waals surface area (Å²) in [5.74, 6) is 6.64. The summed E-state index contributed by atoms with van der Waals surface area (Å²) < 4.78 is 25.9. The first-order chi connectivity index (χ1) is 11.6. The zero-order chi connectivity index (χ0) is 17.0. The Hall–Kier alpha value is -2.10. The molecule has 0 aliphatic carbocycles. The van der Waals surface area contributed by atoms with Gasteiger partial charge >= 0.3 is 0 Å². The molecular weight excluding hydrogens is 322 g/mol. The van der Waals surface area contributed by atoms with Crippen molar-refractivity contribution < 1.29 is 8.42 Å². The summed E-state index contributed by atoms with van der Waals surface area (Å²) in [6.07, 6.45) is 3.70. The minimum atomic E-state index is -3.01. The number of sulfone groups is 1. The summed E-state index contributed by atoms with van der Waals surface area (Å²) in [6.45, 7) is 3.84. The SMILES string of the molecule is CCn1cc(C2CS(=O)(=O)CCN2CC#Cc2ccccc2)cn1. The van der Waals surface area contributed by atoms with Gasteiger partial charge in [0, 0.05) is 30.4 Å². The van der Waals surface area contributed by atoms with Crippen LogP contribution in [0.2, 0.25) is 0 Å². The molecule has 1 fully saturated rings. The highest BCUT2D eigenvalue weighted by atomic mass is 32.2. The molecule has 3 rings (SSSR count). The molecule has 0 N–H and O–H groups in total. The van der Waals surface area contributed by atoms with Gasteiger partial charge in [0.2, 0.25) is 0 Å². The molecule has 1 saturated heterocycles. The Morgan fingerprint density at radius 2 is 2.08 bits per heavy atom. The molecule has 1 aromatic heterocycles. The van der Waals surface area contributed by atoms with Crippen LogP contribution in [-0.4, -0.2) is 47.7 Å². The quantitative estimate of drug-likeness (QED) is 0.797. The average molecular weight is 343 g/mol. The van der Waals surface area contributed by atoms with Crippen LogP contribution in [0.1, 0.15) is 24.1 Å². The fourth-order valence-corrected chi connectivity index (χ4v) is 4.39. The van der Waals surface area contributed by atoms with Gasteiger partial charge in [-0.2, -0.15) is 5.10 Å². The molecule has 1 aliphatic heterocycles. The summed E-state index contributed by atoms with van der Waals surface area (Å²) in [6, 6.07) is 9.64. The Morgan fingerprint density at radius 1 is 1.29 bits per heavy atom. The molecule has 0 saturated carbocycles. The maximum Gasteiger partial charge on any atom is 0.153 e. The van der Waals surface area contributed by atoms with Crippen molar-refractivity contribution in [3.05, 3.63) is 53.9 Å². The second-order valence-electron chi connectivity index (χ2n) is 5.90. The molecule has 24 heavy (non-hydrogen) atoms. The van der Waals surface area contributed by atoms with Gasteiger partial charge in [-0.3, -0.25) is 9.58 Å². The van der Waals surface area contributed by atoms with Crippen molar-refractivity contribution in [2.24, 2.45) is 0 Å². The topological polar surface area (TPSA) is 55.2 Å². The van der Waals surface area contributed by atoms with Crippen molar-refractivity contribution in [3.63, 3.8) is 0 Å². The Bertz CT molecular complexity index is 847. The Kier molecular flexibility index (Phi) is 5.03. The summed E-state index contributed by atoms with van der Waals surface area (Å²) >= 11 is 0. The second-order valence-corrected chi connectivity index (χ2v) is 8.13. The number of hydrogen-bond acceptors (Lipinski definition) is 4. The number of hydrogen-bond donors (Lipinski definition) is 0. The molecule has 0 amide bonds. The number of rotatable bonds is 3. The van der Waals surface area contributed by atoms with Gasteiger partial charge < -0.3 is 0 Å². The molecule has 126 valence electrons. The lowest BCUT2D eigenvalue weighted by molar-refractivity contribution is 0.242. The van der Waals surface area contributed by atoms with Crippen molar-refractivity contribution >= 4 is 9.84 Å². The molecule has 6 heteroatoms. The number of aryl methyl sites for hydroxylation is 1. The lowest BCUT2D eigenvalue weighted by atomic mass is 10.1. The van der Waals surface area contributed by atoms with Crippen LogP contribution in [-0.2, 0) is 16.4 Å². The lowest BCUT2D eigenvalue weighted by Crippen LogP contribution is -2.43. The first-order valence-electron chi connectivity index (χ1n) is 8.08. The fraction of sp³-hybridized carbons (Fsp3) is 0.389. The van der Waals surface area contributed by atoms with Crippen LogP contribution in [0, 0.1) is 11.8 Å². The smallest absolute Gasteiger partial charge is 0.153 e. The molecule has 1 unspecified atom stereocenters. The molecule has 1 aliphatic rings. The van der Waals surface area contributed by atoms with E-state index in [1.807, 2.05) is 48.1 Å². The molecule has 1 atom stereocenters. The molecule has 1 aromatic carbocycles. The number of benzene rings is 1. The highest BCUT2D eigenvalue weighted by molar-refractivity contribution is 7.91. The molecule has 2 aromatic rings. The van der Waals surface area contributed by atoms with Crippen molar-refractivity contribution in [2.75, 3.05) is 24.6 Å². The zero-order valence-electron chi connectivity index (χ0n) is 13.7. The van der Waals surface area contributed by atoms with E-state index in [1.54, 1.807) is 6.20 Å².